The van der Waals surface area contributed by atoms with Gasteiger partial charge in [0.1, 0.15) is 6.04 Å². The van der Waals surface area contributed by atoms with Crippen LogP contribution in [0.15, 0.2) is 67.2 Å². The Hall–Kier alpha value is -5.27. The molecule has 0 radical (unpaired) electrons. The summed E-state index contributed by atoms with van der Waals surface area (Å²) in [7, 11) is 7.37. The van der Waals surface area contributed by atoms with E-state index in [9.17, 15) is 20.3 Å². The van der Waals surface area contributed by atoms with Gasteiger partial charge in [-0.05, 0) is 110 Å². The first kappa shape index (κ1) is 36.5. The van der Waals surface area contributed by atoms with Crippen LogP contribution >= 0.6 is 0 Å². The lowest BCUT2D eigenvalue weighted by Gasteiger charge is -2.38. The Bertz CT molecular complexity index is 1900. The second kappa shape index (κ2) is 14.4. The van der Waals surface area contributed by atoms with Gasteiger partial charge in [-0.3, -0.25) is 20.4 Å². The number of aryl methyl sites for hydroxylation is 3. The van der Waals surface area contributed by atoms with Gasteiger partial charge in [-0.15, -0.1) is 0 Å². The van der Waals surface area contributed by atoms with Gasteiger partial charge in [0.15, 0.2) is 0 Å². The molecule has 3 aliphatic rings. The maximum absolute atomic E-state index is 13.5. The predicted molar refractivity (Wildman–Crippen MR) is 203 cm³/mol. The number of nitriles is 1. The average molecular weight is 700 g/mol. The minimum absolute atomic E-state index is 0.0591. The Morgan fingerprint density at radius 2 is 1.56 bits per heavy atom. The number of carbonyl (C=O) groups excluding carboxylic acids is 2. The molecular formula is C42H49N7O3. The van der Waals surface area contributed by atoms with Gasteiger partial charge in [-0.2, -0.15) is 5.26 Å². The van der Waals surface area contributed by atoms with Crippen molar-refractivity contribution in [1.82, 2.24) is 20.0 Å². The normalized spacial score (nSPS) is 21.7. The van der Waals surface area contributed by atoms with Crippen LogP contribution in [0.5, 0.6) is 0 Å². The number of ether oxygens (including phenoxy) is 1. The molecule has 3 N–H and O–H groups in total. The highest BCUT2D eigenvalue weighted by atomic mass is 16.5. The van der Waals surface area contributed by atoms with Crippen LogP contribution in [0.4, 0.5) is 0 Å². The molecule has 0 aromatic heterocycles. The molecule has 2 aliphatic carbocycles. The highest BCUT2D eigenvalue weighted by Gasteiger charge is 2.54. The molecule has 2 fully saturated rings. The van der Waals surface area contributed by atoms with Crippen molar-refractivity contribution in [1.29, 1.82) is 16.1 Å². The second-order valence-electron chi connectivity index (χ2n) is 15.0. The van der Waals surface area contributed by atoms with Crippen molar-refractivity contribution in [3.8, 4) is 6.07 Å². The van der Waals surface area contributed by atoms with E-state index in [1.807, 2.05) is 87.4 Å². The number of hydrogen-bond acceptors (Lipinski definition) is 8. The average Bonchev–Trinajstić information content (AvgIpc) is 3.82. The number of rotatable bonds is 10. The third-order valence-corrected chi connectivity index (χ3v) is 11.0. The zero-order valence-corrected chi connectivity index (χ0v) is 31.0. The fourth-order valence-corrected chi connectivity index (χ4v) is 8.00. The Kier molecular flexibility index (Phi) is 10.1. The zero-order chi connectivity index (χ0) is 37.5. The van der Waals surface area contributed by atoms with E-state index in [4.69, 9.17) is 10.1 Å². The van der Waals surface area contributed by atoms with Crippen molar-refractivity contribution in [3.05, 3.63) is 112 Å². The van der Waals surface area contributed by atoms with E-state index in [0.717, 1.165) is 51.9 Å². The molecule has 52 heavy (non-hydrogen) atoms. The number of piperidine rings is 1. The SMILES string of the molecule is C=C(c1ccc2c(c1)CCc1cc(C(=O)N(C)C)ccc1C2(C[C@@H](C)NCC(=O)N1C(C#N)C[C@@H]2CC21)C(=N)OC(=N)c1ccc(C)cc1)N(C)C. The summed E-state index contributed by atoms with van der Waals surface area (Å²) in [5.41, 5.74) is 6.41. The Morgan fingerprint density at radius 3 is 2.15 bits per heavy atom. The number of likely N-dealkylation sites (tertiary alicyclic amines) is 1. The molecule has 3 unspecified atom stereocenters. The summed E-state index contributed by atoms with van der Waals surface area (Å²) in [5.74, 6) is -0.0349. The molecule has 1 saturated heterocycles. The molecule has 10 nitrogen and oxygen atoms in total. The summed E-state index contributed by atoms with van der Waals surface area (Å²) in [5, 5.41) is 32.0. The number of nitrogens with one attached hydrogen (secondary N) is 3. The van der Waals surface area contributed by atoms with Crippen molar-refractivity contribution in [2.24, 2.45) is 5.92 Å². The maximum atomic E-state index is 13.5. The molecule has 270 valence electrons. The molecule has 6 rings (SSSR count). The van der Waals surface area contributed by atoms with E-state index in [-0.39, 0.29) is 48.3 Å². The minimum atomic E-state index is -1.20. The topological polar surface area (TPSA) is 137 Å². The number of hydrogen-bond donors (Lipinski definition) is 3. The highest BCUT2D eigenvalue weighted by Crippen LogP contribution is 2.48. The molecule has 2 amide bonds. The molecular weight excluding hydrogens is 651 g/mol. The van der Waals surface area contributed by atoms with E-state index in [1.54, 1.807) is 23.9 Å². The predicted octanol–water partition coefficient (Wildman–Crippen LogP) is 5.51. The summed E-state index contributed by atoms with van der Waals surface area (Å²) in [6.45, 7) is 8.33. The van der Waals surface area contributed by atoms with Gasteiger partial charge in [-0.1, -0.05) is 42.5 Å². The molecule has 1 heterocycles. The summed E-state index contributed by atoms with van der Waals surface area (Å²) in [4.78, 5) is 32.0. The van der Waals surface area contributed by atoms with Crippen molar-refractivity contribution in [2.45, 2.75) is 69.5 Å². The lowest BCUT2D eigenvalue weighted by Crippen LogP contribution is -2.48. The molecule has 1 saturated carbocycles. The first-order chi connectivity index (χ1) is 24.7. The zero-order valence-electron chi connectivity index (χ0n) is 31.0. The third-order valence-electron chi connectivity index (χ3n) is 11.0. The van der Waals surface area contributed by atoms with Gasteiger partial charge >= 0.3 is 0 Å². The fraction of sp³-hybridized carbons (Fsp3) is 0.405. The number of nitrogens with zero attached hydrogens (tertiary/aromatic N) is 4. The quantitative estimate of drug-likeness (QED) is 0.189. The van der Waals surface area contributed by atoms with Gasteiger partial charge in [-0.25, -0.2) is 0 Å². The molecule has 10 heteroatoms. The number of carbonyl (C=O) groups is 2. The van der Waals surface area contributed by atoms with E-state index in [2.05, 4.69) is 24.0 Å². The minimum Gasteiger partial charge on any atom is -0.424 e. The summed E-state index contributed by atoms with van der Waals surface area (Å²) in [6, 6.07) is 21.1. The first-order valence-corrected chi connectivity index (χ1v) is 18.0. The van der Waals surface area contributed by atoms with E-state index in [0.29, 0.717) is 36.3 Å². The van der Waals surface area contributed by atoms with Crippen molar-refractivity contribution >= 4 is 29.3 Å². The van der Waals surface area contributed by atoms with Crippen LogP contribution in [0.2, 0.25) is 0 Å². The molecule has 1 aliphatic heterocycles. The second-order valence-corrected chi connectivity index (χ2v) is 15.0. The monoisotopic (exact) mass is 699 g/mol. The maximum Gasteiger partial charge on any atom is 0.253 e. The standard InChI is InChI=1S/C42H49N7O3/c1-25-8-10-28(11-9-25)39(44)52-41(45)42(22-26(2)46-24-38(50)49-34(23-43)20-33-21-37(33)49)35-16-14-29(27(3)47(4)5)18-30(35)12-13-31-19-32(15-17-36(31)42)40(51)48(6)7/h8-11,14-19,26,33-34,37,44-46H,3,12-13,20-22,24H2,1-2,4-7H3/t26-,33-,34?,37?,42?/m1/s1. The van der Waals surface area contributed by atoms with Gasteiger partial charge in [0.05, 0.1) is 18.0 Å². The Morgan fingerprint density at radius 1 is 0.962 bits per heavy atom. The van der Waals surface area contributed by atoms with Crippen LogP contribution in [-0.2, 0) is 27.8 Å². The van der Waals surface area contributed by atoms with Gasteiger partial charge in [0.2, 0.25) is 17.7 Å². The van der Waals surface area contributed by atoms with E-state index in [1.165, 1.54) is 0 Å². The lowest BCUT2D eigenvalue weighted by molar-refractivity contribution is -0.131. The summed E-state index contributed by atoms with van der Waals surface area (Å²) in [6.07, 6.45) is 3.28. The number of benzene rings is 3. The van der Waals surface area contributed by atoms with Crippen LogP contribution in [0, 0.1) is 35.0 Å². The van der Waals surface area contributed by atoms with Gasteiger partial charge in [0.25, 0.3) is 5.91 Å². The van der Waals surface area contributed by atoms with Crippen LogP contribution in [0.1, 0.15) is 75.5 Å². The largest absolute Gasteiger partial charge is 0.424 e. The number of fused-ring (bicyclic) bond motifs is 3. The van der Waals surface area contributed by atoms with Crippen LogP contribution in [0.3, 0.4) is 0 Å². The Balaban J connectivity index is 1.45. The molecule has 0 bridgehead atoms. The van der Waals surface area contributed by atoms with Crippen LogP contribution < -0.4 is 5.32 Å². The summed E-state index contributed by atoms with van der Waals surface area (Å²) < 4.78 is 6.30. The van der Waals surface area contributed by atoms with E-state index < -0.39 is 5.41 Å². The lowest BCUT2D eigenvalue weighted by atomic mass is 9.68. The Labute approximate surface area is 307 Å². The van der Waals surface area contributed by atoms with Gasteiger partial charge < -0.3 is 24.8 Å². The summed E-state index contributed by atoms with van der Waals surface area (Å²) >= 11 is 0. The fourth-order valence-electron chi connectivity index (χ4n) is 8.00. The van der Waals surface area contributed by atoms with Crippen LogP contribution in [0.25, 0.3) is 5.70 Å². The van der Waals surface area contributed by atoms with Gasteiger partial charge in [0, 0.05) is 57.1 Å². The van der Waals surface area contributed by atoms with Crippen molar-refractivity contribution < 1.29 is 14.3 Å². The smallest absolute Gasteiger partial charge is 0.253 e. The molecule has 0 spiro atoms. The van der Waals surface area contributed by atoms with Crippen molar-refractivity contribution in [2.75, 3.05) is 34.7 Å². The first-order valence-electron chi connectivity index (χ1n) is 18.0. The molecule has 5 atom stereocenters. The highest BCUT2D eigenvalue weighted by molar-refractivity contribution is 6.04. The third kappa shape index (κ3) is 6.85. The van der Waals surface area contributed by atoms with E-state index >= 15 is 0 Å². The molecule has 3 aromatic carbocycles. The van der Waals surface area contributed by atoms with Crippen LogP contribution in [-0.4, -0.2) is 91.2 Å². The number of amides is 2. The van der Waals surface area contributed by atoms with Crippen molar-refractivity contribution in [3.63, 3.8) is 0 Å². The molecule has 3 aromatic rings.